The van der Waals surface area contributed by atoms with Crippen LogP contribution in [0.5, 0.6) is 5.75 Å². The van der Waals surface area contributed by atoms with Gasteiger partial charge in [0.1, 0.15) is 5.75 Å². The number of halogens is 1. The Labute approximate surface area is 118 Å². The first kappa shape index (κ1) is 12.0. The van der Waals surface area contributed by atoms with E-state index >= 15 is 0 Å². The number of fused-ring (bicyclic) bond motifs is 7. The van der Waals surface area contributed by atoms with Crippen LogP contribution in [0.1, 0.15) is 36.0 Å². The minimum atomic E-state index is -0.119. The van der Waals surface area contributed by atoms with E-state index < -0.39 is 0 Å². The Morgan fingerprint density at radius 1 is 1.39 bits per heavy atom. The molecule has 2 nitrogen and oxygen atoms in total. The molecular formula is C14H14ClNOS. The Hall–Kier alpha value is -1.03. The Morgan fingerprint density at radius 2 is 2.22 bits per heavy atom. The summed E-state index contributed by atoms with van der Waals surface area (Å²) in [5.74, 6) is 0.358. The fraction of sp³-hybridized carbons (Fsp3) is 0.286. The molecule has 0 saturated carbocycles. The van der Waals surface area contributed by atoms with Gasteiger partial charge in [-0.15, -0.1) is 11.3 Å². The number of thiophene rings is 1. The van der Waals surface area contributed by atoms with Gasteiger partial charge < -0.3 is 17.5 Å². The summed E-state index contributed by atoms with van der Waals surface area (Å²) in [6.07, 6.45) is 1.07. The standard InChI is InChI=1S/C14H13NOS.ClH/c1-14-10-4-5-17-13(10)7-12(15-14)9-3-2-8(16)6-11(9)14;/h2-6,12,15-16H,7H2,1H3;1H. The van der Waals surface area contributed by atoms with Crippen LogP contribution < -0.4 is 17.7 Å². The van der Waals surface area contributed by atoms with Gasteiger partial charge in [-0.05, 0) is 47.2 Å². The predicted molar refractivity (Wildman–Crippen MR) is 69.6 cm³/mol. The number of nitrogens with one attached hydrogen (secondary N) is 1. The van der Waals surface area contributed by atoms with Gasteiger partial charge in [0, 0.05) is 17.3 Å². The van der Waals surface area contributed by atoms with E-state index in [-0.39, 0.29) is 19.4 Å². The lowest BCUT2D eigenvalue weighted by Gasteiger charge is -2.32. The van der Waals surface area contributed by atoms with E-state index in [1.54, 1.807) is 6.07 Å². The van der Waals surface area contributed by atoms with E-state index in [0.29, 0.717) is 11.8 Å². The van der Waals surface area contributed by atoms with Crippen LogP contribution in [0.3, 0.4) is 0 Å². The van der Waals surface area contributed by atoms with Crippen LogP contribution in [0.15, 0.2) is 29.6 Å². The summed E-state index contributed by atoms with van der Waals surface area (Å²) < 4.78 is 0. The highest BCUT2D eigenvalue weighted by molar-refractivity contribution is 7.10. The second-order valence-electron chi connectivity index (χ2n) is 5.06. The van der Waals surface area contributed by atoms with E-state index in [0.717, 1.165) is 6.42 Å². The van der Waals surface area contributed by atoms with E-state index in [4.69, 9.17) is 0 Å². The third-order valence-corrected chi connectivity index (χ3v) is 5.03. The molecule has 4 heteroatoms. The number of rotatable bonds is 0. The number of phenols is 1. The molecular weight excluding hydrogens is 266 g/mol. The van der Waals surface area contributed by atoms with Crippen molar-refractivity contribution in [3.05, 3.63) is 51.2 Å². The van der Waals surface area contributed by atoms with E-state index in [2.05, 4.69) is 29.8 Å². The number of hydrogen-bond donors (Lipinski definition) is 2. The molecule has 0 aliphatic carbocycles. The van der Waals surface area contributed by atoms with Crippen LogP contribution in [0.2, 0.25) is 0 Å². The average Bonchev–Trinajstić information content (AvgIpc) is 2.84. The van der Waals surface area contributed by atoms with Crippen LogP contribution in [-0.2, 0) is 12.0 Å². The highest BCUT2D eigenvalue weighted by Crippen LogP contribution is 2.50. The first-order valence-electron chi connectivity index (χ1n) is 5.86. The summed E-state index contributed by atoms with van der Waals surface area (Å²) in [6.45, 7) is 2.22. The highest BCUT2D eigenvalue weighted by Gasteiger charge is 2.46. The highest BCUT2D eigenvalue weighted by atomic mass is 35.5. The lowest BCUT2D eigenvalue weighted by molar-refractivity contribution is -0.00000458. The van der Waals surface area contributed by atoms with Gasteiger partial charge in [0.2, 0.25) is 0 Å². The Kier molecular flexibility index (Phi) is 2.49. The van der Waals surface area contributed by atoms with Crippen molar-refractivity contribution in [2.75, 3.05) is 0 Å². The first-order chi connectivity index (χ1) is 8.18. The molecule has 18 heavy (non-hydrogen) atoms. The average molecular weight is 280 g/mol. The molecule has 2 aliphatic rings. The van der Waals surface area contributed by atoms with Gasteiger partial charge in [0.15, 0.2) is 0 Å². The summed E-state index contributed by atoms with van der Waals surface area (Å²) in [4.78, 5) is 1.48. The second-order valence-corrected chi connectivity index (χ2v) is 6.06. The van der Waals surface area contributed by atoms with Gasteiger partial charge in [-0.25, -0.2) is 0 Å². The molecule has 2 atom stereocenters. The van der Waals surface area contributed by atoms with Gasteiger partial charge in [-0.1, -0.05) is 6.07 Å². The summed E-state index contributed by atoms with van der Waals surface area (Å²) in [5, 5.41) is 15.6. The van der Waals surface area contributed by atoms with Gasteiger partial charge in [0.25, 0.3) is 0 Å². The molecule has 1 aromatic heterocycles. The summed E-state index contributed by atoms with van der Waals surface area (Å²) in [7, 11) is 0. The van der Waals surface area contributed by atoms with Gasteiger partial charge in [0.05, 0.1) is 5.54 Å². The van der Waals surface area contributed by atoms with E-state index in [1.165, 1.54) is 21.6 Å². The smallest absolute Gasteiger partial charge is 1.00 e. The van der Waals surface area contributed by atoms with Crippen LogP contribution in [0.25, 0.3) is 0 Å². The number of phenolic OH excluding ortho intramolecular Hbond substituents is 1. The fourth-order valence-electron chi connectivity index (χ4n) is 3.30. The van der Waals surface area contributed by atoms with Crippen molar-refractivity contribution in [1.82, 2.24) is 5.32 Å². The molecule has 0 fully saturated rings. The molecule has 3 heterocycles. The topological polar surface area (TPSA) is 32.3 Å². The second kappa shape index (κ2) is 3.73. The molecule has 0 amide bonds. The number of aromatic hydroxyl groups is 1. The minimum absolute atomic E-state index is 0. The molecule has 2 unspecified atom stereocenters. The lowest BCUT2D eigenvalue weighted by Crippen LogP contribution is -3.00. The Balaban J connectivity index is 0.000000667. The molecule has 0 spiro atoms. The third kappa shape index (κ3) is 1.32. The molecule has 2 aromatic rings. The molecule has 0 radical (unpaired) electrons. The maximum absolute atomic E-state index is 9.70. The van der Waals surface area contributed by atoms with Crippen LogP contribution in [0.4, 0.5) is 0 Å². The molecule has 94 valence electrons. The van der Waals surface area contributed by atoms with Gasteiger partial charge >= 0.3 is 1.43 Å². The zero-order chi connectivity index (χ0) is 11.6. The molecule has 2 N–H and O–H groups in total. The first-order valence-corrected chi connectivity index (χ1v) is 6.74. The van der Waals surface area contributed by atoms with Crippen molar-refractivity contribution in [2.45, 2.75) is 24.9 Å². The number of hydrogen-bond acceptors (Lipinski definition) is 3. The van der Waals surface area contributed by atoms with Crippen molar-refractivity contribution in [1.29, 1.82) is 0 Å². The maximum atomic E-state index is 9.70. The molecule has 1 aromatic carbocycles. The minimum Gasteiger partial charge on any atom is -1.00 e. The zero-order valence-electron chi connectivity index (χ0n) is 10.9. The normalized spacial score (nSPS) is 27.3. The maximum Gasteiger partial charge on any atom is 1.00 e. The number of benzene rings is 1. The SMILES string of the molecule is CC12NC(Cc3sccc31)c1ccc(O)cc12.[Cl-].[H+]. The molecule has 2 bridgehead atoms. The summed E-state index contributed by atoms with van der Waals surface area (Å²) >= 11 is 1.84. The van der Waals surface area contributed by atoms with E-state index in [9.17, 15) is 5.11 Å². The lowest BCUT2D eigenvalue weighted by atomic mass is 9.86. The quantitative estimate of drug-likeness (QED) is 0.713. The van der Waals surface area contributed by atoms with E-state index in [1.807, 2.05) is 17.4 Å². The monoisotopic (exact) mass is 279 g/mol. The Morgan fingerprint density at radius 3 is 3.06 bits per heavy atom. The van der Waals surface area contributed by atoms with Gasteiger partial charge in [-0.2, -0.15) is 0 Å². The summed E-state index contributed by atoms with van der Waals surface area (Å²) in [5.41, 5.74) is 3.84. The van der Waals surface area contributed by atoms with Crippen molar-refractivity contribution in [2.24, 2.45) is 0 Å². The van der Waals surface area contributed by atoms with Crippen molar-refractivity contribution >= 4 is 11.3 Å². The molecule has 2 aliphatic heterocycles. The molecule has 0 saturated heterocycles. The van der Waals surface area contributed by atoms with Crippen molar-refractivity contribution in [3.8, 4) is 5.75 Å². The van der Waals surface area contributed by atoms with Crippen molar-refractivity contribution in [3.63, 3.8) is 0 Å². The predicted octanol–water partition coefficient (Wildman–Crippen LogP) is 0.0341. The fourth-order valence-corrected chi connectivity index (χ4v) is 4.33. The van der Waals surface area contributed by atoms with Crippen LogP contribution in [-0.4, -0.2) is 5.11 Å². The van der Waals surface area contributed by atoms with Crippen LogP contribution in [0, 0.1) is 0 Å². The molecule has 4 rings (SSSR count). The summed E-state index contributed by atoms with van der Waals surface area (Å²) in [6, 6.07) is 8.38. The Bertz CT molecular complexity index is 630. The van der Waals surface area contributed by atoms with Gasteiger partial charge in [-0.3, -0.25) is 5.32 Å². The third-order valence-electron chi connectivity index (χ3n) is 4.09. The van der Waals surface area contributed by atoms with Crippen molar-refractivity contribution < 1.29 is 18.9 Å². The van der Waals surface area contributed by atoms with Crippen LogP contribution >= 0.6 is 11.3 Å². The largest absolute Gasteiger partial charge is 1.00 e. The zero-order valence-corrected chi connectivity index (χ0v) is 11.5.